The molecule has 2 aliphatic heterocycles. The molecule has 2 aliphatic rings. The third-order valence-electron chi connectivity index (χ3n) is 8.70. The van der Waals surface area contributed by atoms with Crippen LogP contribution in [0.4, 0.5) is 0 Å². The number of ether oxygens (including phenoxy) is 1. The molecule has 1 aromatic carbocycles. The largest absolute Gasteiger partial charge is 0.507 e. The highest BCUT2D eigenvalue weighted by molar-refractivity contribution is 5.59. The first-order chi connectivity index (χ1) is 18.0. The molecular weight excluding hydrogens is 468 g/mol. The van der Waals surface area contributed by atoms with E-state index < -0.39 is 0 Å². The van der Waals surface area contributed by atoms with Crippen molar-refractivity contribution in [1.82, 2.24) is 9.80 Å². The maximum Gasteiger partial charge on any atom is 0.127 e. The van der Waals surface area contributed by atoms with Gasteiger partial charge in [-0.15, -0.1) is 0 Å². The van der Waals surface area contributed by atoms with Crippen LogP contribution in [0.3, 0.4) is 0 Å². The Bertz CT molecular complexity index is 1040. The summed E-state index contributed by atoms with van der Waals surface area (Å²) in [6.45, 7) is 20.4. The molecule has 38 heavy (non-hydrogen) atoms. The summed E-state index contributed by atoms with van der Waals surface area (Å²) in [6.07, 6.45) is 15.8. The highest BCUT2D eigenvalue weighted by Crippen LogP contribution is 2.45. The summed E-state index contributed by atoms with van der Waals surface area (Å²) in [6, 6.07) is 0. The molecule has 1 fully saturated rings. The smallest absolute Gasteiger partial charge is 0.127 e. The Kier molecular flexibility index (Phi) is 11.1. The standard InChI is InChI=1S/C34H54N2O2/c1-25(2)12-9-13-26(3)14-10-15-27(4)16-11-18-34(7)19-17-30-31(24-36-22-20-35(8)21-23-36)32(37)28(5)29(6)33(30)38-34/h12,14,16,37H,9-11,13,15,17-24H2,1-8H3/b26-14+,27-16-. The van der Waals surface area contributed by atoms with Crippen molar-refractivity contribution in [2.45, 2.75) is 112 Å². The molecule has 0 bridgehead atoms. The first-order valence-corrected chi connectivity index (χ1v) is 14.9. The summed E-state index contributed by atoms with van der Waals surface area (Å²) < 4.78 is 6.80. The van der Waals surface area contributed by atoms with E-state index in [0.717, 1.165) is 100 Å². The number of piperazine rings is 1. The first-order valence-electron chi connectivity index (χ1n) is 14.9. The minimum absolute atomic E-state index is 0.162. The zero-order chi connectivity index (χ0) is 27.9. The van der Waals surface area contributed by atoms with Gasteiger partial charge in [0.05, 0.1) is 0 Å². The van der Waals surface area contributed by atoms with Crippen molar-refractivity contribution < 1.29 is 9.84 Å². The Morgan fingerprint density at radius 2 is 1.50 bits per heavy atom. The molecular formula is C34H54N2O2. The quantitative estimate of drug-likeness (QED) is 0.298. The van der Waals surface area contributed by atoms with Crippen molar-refractivity contribution in [3.05, 3.63) is 57.2 Å². The molecule has 3 rings (SSSR count). The fraction of sp³-hybridized carbons (Fsp3) is 0.647. The van der Waals surface area contributed by atoms with Gasteiger partial charge in [0.2, 0.25) is 0 Å². The van der Waals surface area contributed by atoms with Crippen molar-refractivity contribution >= 4 is 0 Å². The lowest BCUT2D eigenvalue weighted by Gasteiger charge is -2.39. The van der Waals surface area contributed by atoms with Gasteiger partial charge in [-0.3, -0.25) is 4.90 Å². The van der Waals surface area contributed by atoms with Crippen molar-refractivity contribution in [3.63, 3.8) is 0 Å². The van der Waals surface area contributed by atoms with Gasteiger partial charge in [-0.25, -0.2) is 0 Å². The average molecular weight is 523 g/mol. The Hall–Kier alpha value is -2.04. The van der Waals surface area contributed by atoms with Crippen LogP contribution in [0.15, 0.2) is 34.9 Å². The summed E-state index contributed by atoms with van der Waals surface area (Å²) >= 11 is 0. The molecule has 1 unspecified atom stereocenters. The SMILES string of the molecule is CC(C)=CCC/C(C)=C/CC/C(C)=C\CCC1(C)CCc2c(CN3CCN(C)CC3)c(O)c(C)c(C)c2O1. The summed E-state index contributed by atoms with van der Waals surface area (Å²) in [7, 11) is 2.18. The van der Waals surface area contributed by atoms with Crippen molar-refractivity contribution in [2.24, 2.45) is 0 Å². The van der Waals surface area contributed by atoms with Crippen LogP contribution in [0, 0.1) is 13.8 Å². The van der Waals surface area contributed by atoms with E-state index in [1.807, 2.05) is 6.92 Å². The van der Waals surface area contributed by atoms with Gasteiger partial charge < -0.3 is 14.7 Å². The van der Waals surface area contributed by atoms with Crippen LogP contribution in [0.1, 0.15) is 102 Å². The number of fused-ring (bicyclic) bond motifs is 1. The second-order valence-corrected chi connectivity index (χ2v) is 12.5. The predicted molar refractivity (Wildman–Crippen MR) is 162 cm³/mol. The maximum atomic E-state index is 11.1. The zero-order valence-electron chi connectivity index (χ0n) is 25.7. The van der Waals surface area contributed by atoms with Crippen molar-refractivity contribution in [2.75, 3.05) is 33.2 Å². The molecule has 4 heteroatoms. The van der Waals surface area contributed by atoms with Crippen LogP contribution in [-0.2, 0) is 13.0 Å². The molecule has 1 atom stereocenters. The summed E-state index contributed by atoms with van der Waals surface area (Å²) in [4.78, 5) is 4.85. The average Bonchev–Trinajstić information content (AvgIpc) is 2.86. The molecule has 0 aromatic heterocycles. The van der Waals surface area contributed by atoms with E-state index in [0.29, 0.717) is 5.75 Å². The lowest BCUT2D eigenvalue weighted by molar-refractivity contribution is 0.0552. The van der Waals surface area contributed by atoms with Gasteiger partial charge in [0.15, 0.2) is 0 Å². The molecule has 0 radical (unpaired) electrons. The number of likely N-dealkylation sites (N-methyl/N-ethyl adjacent to an activating group) is 1. The van der Waals surface area contributed by atoms with Gasteiger partial charge in [-0.1, -0.05) is 34.9 Å². The van der Waals surface area contributed by atoms with Crippen LogP contribution < -0.4 is 4.74 Å². The van der Waals surface area contributed by atoms with Gasteiger partial charge in [0.25, 0.3) is 0 Å². The maximum absolute atomic E-state index is 11.1. The molecule has 1 N–H and O–H groups in total. The van der Waals surface area contributed by atoms with Crippen LogP contribution in [0.5, 0.6) is 11.5 Å². The minimum atomic E-state index is -0.162. The molecule has 1 saturated heterocycles. The van der Waals surface area contributed by atoms with E-state index in [1.165, 1.54) is 28.7 Å². The van der Waals surface area contributed by atoms with Crippen LogP contribution in [0.2, 0.25) is 0 Å². The normalized spacial score (nSPS) is 21.3. The number of rotatable bonds is 11. The number of benzene rings is 1. The Morgan fingerprint density at radius 1 is 0.895 bits per heavy atom. The fourth-order valence-electron chi connectivity index (χ4n) is 5.71. The van der Waals surface area contributed by atoms with E-state index in [9.17, 15) is 5.11 Å². The number of nitrogens with zero attached hydrogens (tertiary/aromatic N) is 2. The third kappa shape index (κ3) is 8.48. The molecule has 0 aliphatic carbocycles. The minimum Gasteiger partial charge on any atom is -0.507 e. The zero-order valence-corrected chi connectivity index (χ0v) is 25.7. The summed E-state index contributed by atoms with van der Waals surface area (Å²) in [5.74, 6) is 1.51. The van der Waals surface area contributed by atoms with E-state index >= 15 is 0 Å². The summed E-state index contributed by atoms with van der Waals surface area (Å²) in [5, 5.41) is 11.1. The van der Waals surface area contributed by atoms with E-state index in [2.05, 4.69) is 76.6 Å². The fourth-order valence-corrected chi connectivity index (χ4v) is 5.71. The molecule has 1 aromatic rings. The Morgan fingerprint density at radius 3 is 2.13 bits per heavy atom. The second kappa shape index (κ2) is 13.8. The number of hydrogen-bond donors (Lipinski definition) is 1. The molecule has 2 heterocycles. The number of phenolic OH excluding ortho intramolecular Hbond substituents is 1. The van der Waals surface area contributed by atoms with Gasteiger partial charge in [0, 0.05) is 43.9 Å². The van der Waals surface area contributed by atoms with E-state index in [4.69, 9.17) is 4.74 Å². The highest BCUT2D eigenvalue weighted by Gasteiger charge is 2.35. The molecule has 0 saturated carbocycles. The molecule has 212 valence electrons. The Labute approximate surface area is 233 Å². The number of phenols is 1. The van der Waals surface area contributed by atoms with E-state index in [-0.39, 0.29) is 5.60 Å². The third-order valence-corrected chi connectivity index (χ3v) is 8.70. The van der Waals surface area contributed by atoms with Crippen LogP contribution >= 0.6 is 0 Å². The molecule has 4 nitrogen and oxygen atoms in total. The topological polar surface area (TPSA) is 35.9 Å². The van der Waals surface area contributed by atoms with Gasteiger partial charge in [-0.05, 0) is 118 Å². The van der Waals surface area contributed by atoms with Crippen LogP contribution in [-0.4, -0.2) is 53.7 Å². The lowest BCUT2D eigenvalue weighted by Crippen LogP contribution is -2.44. The van der Waals surface area contributed by atoms with Gasteiger partial charge in [0.1, 0.15) is 17.1 Å². The number of allylic oxidation sites excluding steroid dienone is 6. The van der Waals surface area contributed by atoms with Crippen molar-refractivity contribution in [3.8, 4) is 11.5 Å². The van der Waals surface area contributed by atoms with Gasteiger partial charge in [-0.2, -0.15) is 0 Å². The second-order valence-electron chi connectivity index (χ2n) is 12.5. The van der Waals surface area contributed by atoms with Gasteiger partial charge >= 0.3 is 0 Å². The van der Waals surface area contributed by atoms with Crippen molar-refractivity contribution in [1.29, 1.82) is 0 Å². The predicted octanol–water partition coefficient (Wildman–Crippen LogP) is 8.04. The first kappa shape index (κ1) is 30.5. The number of aromatic hydroxyl groups is 1. The Balaban J connectivity index is 1.59. The van der Waals surface area contributed by atoms with Crippen LogP contribution in [0.25, 0.3) is 0 Å². The van der Waals surface area contributed by atoms with E-state index in [1.54, 1.807) is 0 Å². The highest BCUT2D eigenvalue weighted by atomic mass is 16.5. The molecule has 0 amide bonds. The number of hydrogen-bond acceptors (Lipinski definition) is 4. The monoisotopic (exact) mass is 522 g/mol. The molecule has 0 spiro atoms. The lowest BCUT2D eigenvalue weighted by atomic mass is 9.84. The summed E-state index contributed by atoms with van der Waals surface area (Å²) in [5.41, 5.74) is 8.62.